The Morgan fingerprint density at radius 1 is 1.11 bits per heavy atom. The van der Waals surface area contributed by atoms with Crippen LogP contribution in [-0.2, 0) is 16.6 Å². The molecule has 188 valence electrons. The smallest absolute Gasteiger partial charge is 0.243 e. The summed E-state index contributed by atoms with van der Waals surface area (Å²) in [6.45, 7) is 7.28. The monoisotopic (exact) mass is 525 g/mol. The second-order valence-electron chi connectivity index (χ2n) is 8.76. The number of hydrogen-bond donors (Lipinski definition) is 2. The lowest BCUT2D eigenvalue weighted by atomic mass is 10.1. The highest BCUT2D eigenvalue weighted by molar-refractivity contribution is 7.89. The maximum atomic E-state index is 12.9. The third kappa shape index (κ3) is 4.81. The van der Waals surface area contributed by atoms with Crippen molar-refractivity contribution < 1.29 is 8.42 Å². The van der Waals surface area contributed by atoms with E-state index in [1.807, 2.05) is 19.1 Å². The van der Waals surface area contributed by atoms with Gasteiger partial charge in [0.15, 0.2) is 0 Å². The van der Waals surface area contributed by atoms with E-state index in [1.54, 1.807) is 30.5 Å². The Morgan fingerprint density at radius 3 is 2.58 bits per heavy atom. The van der Waals surface area contributed by atoms with Crippen LogP contribution in [0.3, 0.4) is 0 Å². The molecule has 3 aromatic heterocycles. The molecule has 1 fully saturated rings. The van der Waals surface area contributed by atoms with Crippen LogP contribution in [0.25, 0.3) is 22.3 Å². The van der Waals surface area contributed by atoms with E-state index < -0.39 is 10.0 Å². The van der Waals surface area contributed by atoms with Crippen molar-refractivity contribution in [3.8, 4) is 11.3 Å². The molecule has 1 saturated heterocycles. The predicted molar refractivity (Wildman–Crippen MR) is 142 cm³/mol. The van der Waals surface area contributed by atoms with Gasteiger partial charge in [-0.25, -0.2) is 23.4 Å². The number of hydrogen-bond acceptors (Lipinski definition) is 7. The van der Waals surface area contributed by atoms with E-state index in [0.717, 1.165) is 40.8 Å². The zero-order valence-electron chi connectivity index (χ0n) is 20.2. The molecular weight excluding hydrogens is 498 g/mol. The summed E-state index contributed by atoms with van der Waals surface area (Å²) in [6, 6.07) is 10.4. The first-order chi connectivity index (χ1) is 17.4. The molecule has 0 atom stereocenters. The number of fused-ring (bicyclic) bond motifs is 1. The van der Waals surface area contributed by atoms with Gasteiger partial charge in [-0.15, -0.1) is 0 Å². The van der Waals surface area contributed by atoms with E-state index in [0.29, 0.717) is 43.0 Å². The lowest BCUT2D eigenvalue weighted by Crippen LogP contribution is -2.46. The maximum Gasteiger partial charge on any atom is 0.243 e. The van der Waals surface area contributed by atoms with Crippen molar-refractivity contribution in [3.63, 3.8) is 0 Å². The third-order valence-corrected chi connectivity index (χ3v) is 8.31. The number of nitrogens with one attached hydrogen (secondary N) is 2. The van der Waals surface area contributed by atoms with E-state index >= 15 is 0 Å². The first kappa shape index (κ1) is 24.6. The highest BCUT2D eigenvalue weighted by atomic mass is 35.5. The molecule has 4 aromatic rings. The van der Waals surface area contributed by atoms with Gasteiger partial charge in [0.2, 0.25) is 16.0 Å². The van der Waals surface area contributed by atoms with Gasteiger partial charge in [0, 0.05) is 56.4 Å². The Labute approximate surface area is 215 Å². The van der Waals surface area contributed by atoms with E-state index in [4.69, 9.17) is 16.6 Å². The summed E-state index contributed by atoms with van der Waals surface area (Å²) in [7, 11) is -3.51. The molecule has 0 amide bonds. The predicted octanol–water partition coefficient (Wildman–Crippen LogP) is 4.20. The molecule has 0 spiro atoms. The van der Waals surface area contributed by atoms with Gasteiger partial charge in [-0.2, -0.15) is 4.31 Å². The summed E-state index contributed by atoms with van der Waals surface area (Å²) in [5, 5.41) is 6.80. The van der Waals surface area contributed by atoms with Gasteiger partial charge < -0.3 is 15.2 Å². The van der Waals surface area contributed by atoms with Crippen molar-refractivity contribution in [2.75, 3.05) is 31.5 Å². The first-order valence-corrected chi connectivity index (χ1v) is 13.8. The largest absolute Gasteiger partial charge is 0.345 e. The number of benzene rings is 1. The van der Waals surface area contributed by atoms with Crippen LogP contribution in [0, 0.1) is 6.92 Å². The van der Waals surface area contributed by atoms with Crippen LogP contribution >= 0.6 is 11.6 Å². The topological polar surface area (TPSA) is 105 Å². The third-order valence-electron chi connectivity index (χ3n) is 6.20. The van der Waals surface area contributed by atoms with Crippen molar-refractivity contribution in [2.45, 2.75) is 31.7 Å². The molecule has 0 bridgehead atoms. The minimum Gasteiger partial charge on any atom is -0.345 e. The molecule has 0 aliphatic carbocycles. The van der Waals surface area contributed by atoms with E-state index in [9.17, 15) is 8.42 Å². The SMILES string of the molecule is CCCn1cc(-c2ccnc(Nc3ccc(S(=O)(=O)N4CCNCC4)cc3)n2)c2nc(Cl)cc(C)c21. The van der Waals surface area contributed by atoms with Gasteiger partial charge in [0.05, 0.1) is 21.6 Å². The summed E-state index contributed by atoms with van der Waals surface area (Å²) in [5.41, 5.74) is 5.21. The van der Waals surface area contributed by atoms with Crippen LogP contribution in [0.4, 0.5) is 11.6 Å². The number of aryl methyl sites for hydroxylation is 2. The standard InChI is InChI=1S/C25H28ClN7O2S/c1-3-12-32-16-20(23-24(32)17(2)15-22(26)31-23)21-8-9-28-25(30-21)29-18-4-6-19(7-5-18)36(34,35)33-13-10-27-11-14-33/h4-9,15-16,27H,3,10-14H2,1-2H3,(H,28,29,30). The summed E-state index contributed by atoms with van der Waals surface area (Å²) in [4.78, 5) is 13.9. The molecule has 5 rings (SSSR count). The molecule has 11 heteroatoms. The molecule has 4 heterocycles. The summed E-state index contributed by atoms with van der Waals surface area (Å²) >= 11 is 6.29. The second kappa shape index (κ2) is 10.1. The van der Waals surface area contributed by atoms with Gasteiger partial charge in [-0.3, -0.25) is 0 Å². The van der Waals surface area contributed by atoms with Crippen LogP contribution in [0.2, 0.25) is 5.15 Å². The molecular formula is C25H28ClN7O2S. The van der Waals surface area contributed by atoms with E-state index in [1.165, 1.54) is 4.31 Å². The lowest BCUT2D eigenvalue weighted by Gasteiger charge is -2.26. The Morgan fingerprint density at radius 2 is 1.86 bits per heavy atom. The van der Waals surface area contributed by atoms with Crippen molar-refractivity contribution in [1.82, 2.24) is 29.1 Å². The van der Waals surface area contributed by atoms with Crippen molar-refractivity contribution >= 4 is 44.3 Å². The molecule has 0 saturated carbocycles. The van der Waals surface area contributed by atoms with Crippen molar-refractivity contribution in [3.05, 3.63) is 59.5 Å². The molecule has 0 radical (unpaired) electrons. The number of piperazine rings is 1. The molecule has 0 unspecified atom stereocenters. The van der Waals surface area contributed by atoms with E-state index in [2.05, 4.69) is 38.3 Å². The number of nitrogens with zero attached hydrogens (tertiary/aromatic N) is 5. The number of halogens is 1. The summed E-state index contributed by atoms with van der Waals surface area (Å²) < 4.78 is 29.5. The lowest BCUT2D eigenvalue weighted by molar-refractivity contribution is 0.360. The van der Waals surface area contributed by atoms with Gasteiger partial charge >= 0.3 is 0 Å². The molecule has 1 aliphatic rings. The molecule has 9 nitrogen and oxygen atoms in total. The minimum atomic E-state index is -3.51. The van der Waals surface area contributed by atoms with Crippen molar-refractivity contribution in [2.24, 2.45) is 0 Å². The number of anilines is 2. The Bertz CT molecular complexity index is 1500. The van der Waals surface area contributed by atoms with E-state index in [-0.39, 0.29) is 4.90 Å². The molecule has 2 N–H and O–H groups in total. The summed E-state index contributed by atoms with van der Waals surface area (Å²) in [5.74, 6) is 0.403. The van der Waals surface area contributed by atoms with Gasteiger partial charge in [-0.05, 0) is 55.3 Å². The van der Waals surface area contributed by atoms with Crippen LogP contribution in [0.5, 0.6) is 0 Å². The number of sulfonamides is 1. The normalized spacial score (nSPS) is 14.9. The van der Waals surface area contributed by atoms with Gasteiger partial charge in [0.1, 0.15) is 5.15 Å². The highest BCUT2D eigenvalue weighted by Crippen LogP contribution is 2.32. The fourth-order valence-corrected chi connectivity index (χ4v) is 6.19. The zero-order valence-corrected chi connectivity index (χ0v) is 21.8. The number of aromatic nitrogens is 4. The quantitative estimate of drug-likeness (QED) is 0.348. The average Bonchev–Trinajstić information content (AvgIpc) is 3.24. The first-order valence-electron chi connectivity index (χ1n) is 11.9. The maximum absolute atomic E-state index is 12.9. The Kier molecular flexibility index (Phi) is 6.94. The average molecular weight is 526 g/mol. The van der Waals surface area contributed by atoms with Crippen LogP contribution in [0.15, 0.2) is 53.7 Å². The molecule has 36 heavy (non-hydrogen) atoms. The van der Waals surface area contributed by atoms with Gasteiger partial charge in [0.25, 0.3) is 0 Å². The molecule has 1 aromatic carbocycles. The number of rotatable bonds is 7. The summed E-state index contributed by atoms with van der Waals surface area (Å²) in [6.07, 6.45) is 4.74. The Balaban J connectivity index is 1.42. The second-order valence-corrected chi connectivity index (χ2v) is 11.1. The van der Waals surface area contributed by atoms with Crippen LogP contribution in [0.1, 0.15) is 18.9 Å². The van der Waals surface area contributed by atoms with Crippen LogP contribution < -0.4 is 10.6 Å². The zero-order chi connectivity index (χ0) is 25.3. The van der Waals surface area contributed by atoms with Crippen molar-refractivity contribution in [1.29, 1.82) is 0 Å². The fraction of sp³-hybridized carbons (Fsp3) is 0.320. The Hall–Kier alpha value is -3.05. The van der Waals surface area contributed by atoms with Crippen LogP contribution in [-0.4, -0.2) is 58.4 Å². The minimum absolute atomic E-state index is 0.270. The highest BCUT2D eigenvalue weighted by Gasteiger charge is 2.25. The fourth-order valence-electron chi connectivity index (χ4n) is 4.50. The molecule has 1 aliphatic heterocycles. The van der Waals surface area contributed by atoms with Gasteiger partial charge in [-0.1, -0.05) is 18.5 Å². The number of pyridine rings is 1.